The zero-order valence-corrected chi connectivity index (χ0v) is 13.9. The van der Waals surface area contributed by atoms with Gasteiger partial charge in [0, 0.05) is 23.2 Å². The number of furan rings is 1. The molecule has 0 aliphatic heterocycles. The van der Waals surface area contributed by atoms with Crippen molar-refractivity contribution >= 4 is 29.1 Å². The Bertz CT molecular complexity index is 596. The van der Waals surface area contributed by atoms with Crippen molar-refractivity contribution in [1.29, 1.82) is 0 Å². The Balaban J connectivity index is 1.54. The summed E-state index contributed by atoms with van der Waals surface area (Å²) in [4.78, 5) is 11.6. The van der Waals surface area contributed by atoms with Crippen molar-refractivity contribution in [2.75, 3.05) is 19.8 Å². The van der Waals surface area contributed by atoms with Crippen molar-refractivity contribution in [3.05, 3.63) is 52.4 Å². The van der Waals surface area contributed by atoms with Crippen LogP contribution in [-0.2, 0) is 16.1 Å². The molecule has 0 unspecified atom stereocenters. The summed E-state index contributed by atoms with van der Waals surface area (Å²) in [7, 11) is 0. The second-order valence-corrected chi connectivity index (χ2v) is 5.60. The van der Waals surface area contributed by atoms with E-state index in [2.05, 4.69) is 5.32 Å². The molecule has 1 aromatic heterocycles. The van der Waals surface area contributed by atoms with Crippen LogP contribution in [0, 0.1) is 0 Å². The van der Waals surface area contributed by atoms with Gasteiger partial charge in [0.1, 0.15) is 18.1 Å². The second-order valence-electron chi connectivity index (χ2n) is 4.73. The number of nitrogens with one attached hydrogen (secondary N) is 1. The molecule has 0 atom stereocenters. The third-order valence-corrected chi connectivity index (χ3v) is 3.25. The standard InChI is InChI=1S/C16H17Cl2NO4/c17-12-7-13(18)9-15(8-12)23-11-16(20)19-4-2-5-21-10-14-3-1-6-22-14/h1,3,6-9H,2,4-5,10-11H2,(H,19,20). The lowest BCUT2D eigenvalue weighted by Crippen LogP contribution is -2.30. The van der Waals surface area contributed by atoms with E-state index < -0.39 is 0 Å². The van der Waals surface area contributed by atoms with Crippen molar-refractivity contribution in [2.45, 2.75) is 13.0 Å². The van der Waals surface area contributed by atoms with Gasteiger partial charge in [-0.05, 0) is 36.8 Å². The summed E-state index contributed by atoms with van der Waals surface area (Å²) in [5.41, 5.74) is 0. The molecule has 1 heterocycles. The minimum Gasteiger partial charge on any atom is -0.484 e. The molecule has 0 saturated carbocycles. The lowest BCUT2D eigenvalue weighted by atomic mass is 10.3. The minimum atomic E-state index is -0.216. The first-order valence-electron chi connectivity index (χ1n) is 7.09. The third-order valence-electron chi connectivity index (χ3n) is 2.82. The van der Waals surface area contributed by atoms with Crippen LogP contribution in [0.5, 0.6) is 5.75 Å². The fourth-order valence-corrected chi connectivity index (χ4v) is 2.29. The molecule has 2 aromatic rings. The van der Waals surface area contributed by atoms with Crippen LogP contribution in [0.4, 0.5) is 0 Å². The highest BCUT2D eigenvalue weighted by Crippen LogP contribution is 2.23. The highest BCUT2D eigenvalue weighted by Gasteiger charge is 2.04. The Hall–Kier alpha value is -1.69. The van der Waals surface area contributed by atoms with E-state index in [9.17, 15) is 4.79 Å². The van der Waals surface area contributed by atoms with Gasteiger partial charge in [-0.25, -0.2) is 0 Å². The Morgan fingerprint density at radius 3 is 2.70 bits per heavy atom. The summed E-state index contributed by atoms with van der Waals surface area (Å²) in [6.07, 6.45) is 2.31. The molecule has 23 heavy (non-hydrogen) atoms. The molecular formula is C16H17Cl2NO4. The van der Waals surface area contributed by atoms with Gasteiger partial charge in [0.25, 0.3) is 5.91 Å². The third kappa shape index (κ3) is 6.95. The van der Waals surface area contributed by atoms with Crippen LogP contribution in [0.2, 0.25) is 10.0 Å². The summed E-state index contributed by atoms with van der Waals surface area (Å²) in [5.74, 6) is 1.02. The van der Waals surface area contributed by atoms with Crippen LogP contribution in [0.15, 0.2) is 41.0 Å². The molecule has 1 N–H and O–H groups in total. The van der Waals surface area contributed by atoms with E-state index in [1.54, 1.807) is 24.5 Å². The fraction of sp³-hybridized carbons (Fsp3) is 0.312. The molecule has 1 amide bonds. The summed E-state index contributed by atoms with van der Waals surface area (Å²) in [6, 6.07) is 8.46. The molecule has 0 fully saturated rings. The van der Waals surface area contributed by atoms with Crippen molar-refractivity contribution < 1.29 is 18.7 Å². The molecule has 7 heteroatoms. The summed E-state index contributed by atoms with van der Waals surface area (Å²) >= 11 is 11.7. The van der Waals surface area contributed by atoms with E-state index in [1.165, 1.54) is 0 Å². The van der Waals surface area contributed by atoms with Crippen LogP contribution in [0.25, 0.3) is 0 Å². The lowest BCUT2D eigenvalue weighted by molar-refractivity contribution is -0.123. The van der Waals surface area contributed by atoms with Crippen LogP contribution in [0.1, 0.15) is 12.2 Å². The molecule has 124 valence electrons. The van der Waals surface area contributed by atoms with Gasteiger partial charge < -0.3 is 19.2 Å². The maximum Gasteiger partial charge on any atom is 0.257 e. The number of carbonyl (C=O) groups excluding carboxylic acids is 1. The monoisotopic (exact) mass is 357 g/mol. The summed E-state index contributed by atoms with van der Waals surface area (Å²) < 4.78 is 15.9. The Morgan fingerprint density at radius 1 is 1.22 bits per heavy atom. The zero-order chi connectivity index (χ0) is 16.5. The number of hydrogen-bond acceptors (Lipinski definition) is 4. The van der Waals surface area contributed by atoms with E-state index in [-0.39, 0.29) is 12.5 Å². The van der Waals surface area contributed by atoms with Gasteiger partial charge in [0.05, 0.1) is 6.26 Å². The molecule has 1 aromatic carbocycles. The van der Waals surface area contributed by atoms with E-state index >= 15 is 0 Å². The second kappa shape index (κ2) is 9.45. The van der Waals surface area contributed by atoms with Crippen molar-refractivity contribution in [2.24, 2.45) is 0 Å². The summed E-state index contributed by atoms with van der Waals surface area (Å²) in [5, 5.41) is 3.66. The Morgan fingerprint density at radius 2 is 2.00 bits per heavy atom. The predicted molar refractivity (Wildman–Crippen MR) is 87.9 cm³/mol. The van der Waals surface area contributed by atoms with E-state index in [0.29, 0.717) is 42.0 Å². The van der Waals surface area contributed by atoms with Crippen LogP contribution >= 0.6 is 23.2 Å². The van der Waals surface area contributed by atoms with Crippen molar-refractivity contribution in [3.8, 4) is 5.75 Å². The van der Waals surface area contributed by atoms with E-state index in [4.69, 9.17) is 37.1 Å². The number of ether oxygens (including phenoxy) is 2. The van der Waals surface area contributed by atoms with Gasteiger partial charge in [0.2, 0.25) is 0 Å². The molecule has 0 radical (unpaired) electrons. The van der Waals surface area contributed by atoms with Gasteiger partial charge in [-0.1, -0.05) is 23.2 Å². The highest BCUT2D eigenvalue weighted by molar-refractivity contribution is 6.34. The van der Waals surface area contributed by atoms with E-state index in [1.807, 2.05) is 12.1 Å². The number of halogens is 2. The van der Waals surface area contributed by atoms with Gasteiger partial charge in [-0.2, -0.15) is 0 Å². The SMILES string of the molecule is O=C(COc1cc(Cl)cc(Cl)c1)NCCCOCc1ccco1. The first-order valence-corrected chi connectivity index (χ1v) is 7.85. The number of amides is 1. The van der Waals surface area contributed by atoms with Crippen molar-refractivity contribution in [1.82, 2.24) is 5.32 Å². The molecule has 2 rings (SSSR count). The molecule has 5 nitrogen and oxygen atoms in total. The number of hydrogen-bond donors (Lipinski definition) is 1. The van der Waals surface area contributed by atoms with Gasteiger partial charge in [0.15, 0.2) is 6.61 Å². The topological polar surface area (TPSA) is 60.7 Å². The number of benzene rings is 1. The Labute approximate surface area is 144 Å². The average molecular weight is 358 g/mol. The fourth-order valence-electron chi connectivity index (χ4n) is 1.78. The smallest absolute Gasteiger partial charge is 0.257 e. The van der Waals surface area contributed by atoms with Crippen LogP contribution in [-0.4, -0.2) is 25.7 Å². The van der Waals surface area contributed by atoms with Gasteiger partial charge in [-0.15, -0.1) is 0 Å². The predicted octanol–water partition coefficient (Wildman–Crippen LogP) is 3.69. The van der Waals surface area contributed by atoms with E-state index in [0.717, 1.165) is 5.76 Å². The quantitative estimate of drug-likeness (QED) is 0.695. The molecule has 0 aliphatic rings. The van der Waals surface area contributed by atoms with Gasteiger partial charge in [-0.3, -0.25) is 4.79 Å². The largest absolute Gasteiger partial charge is 0.484 e. The molecule has 0 spiro atoms. The molecular weight excluding hydrogens is 341 g/mol. The molecule has 0 bridgehead atoms. The average Bonchev–Trinajstić information content (AvgIpc) is 3.01. The Kier molecular flexibility index (Phi) is 7.26. The number of carbonyl (C=O) groups is 1. The van der Waals surface area contributed by atoms with Gasteiger partial charge >= 0.3 is 0 Å². The van der Waals surface area contributed by atoms with Crippen LogP contribution < -0.4 is 10.1 Å². The maximum atomic E-state index is 11.6. The summed E-state index contributed by atoms with van der Waals surface area (Å²) in [6.45, 7) is 1.38. The first kappa shape index (κ1) is 17.7. The first-order chi connectivity index (χ1) is 11.1. The maximum absolute atomic E-state index is 11.6. The minimum absolute atomic E-state index is 0.0933. The zero-order valence-electron chi connectivity index (χ0n) is 12.4. The lowest BCUT2D eigenvalue weighted by Gasteiger charge is -2.08. The van der Waals surface area contributed by atoms with Crippen LogP contribution in [0.3, 0.4) is 0 Å². The highest BCUT2D eigenvalue weighted by atomic mass is 35.5. The molecule has 0 aliphatic carbocycles. The molecule has 0 saturated heterocycles. The van der Waals surface area contributed by atoms with Crippen molar-refractivity contribution in [3.63, 3.8) is 0 Å². The normalized spacial score (nSPS) is 10.5. The number of rotatable bonds is 9.